The van der Waals surface area contributed by atoms with Gasteiger partial charge < -0.3 is 19.5 Å². The van der Waals surface area contributed by atoms with E-state index in [0.29, 0.717) is 16.6 Å². The first kappa shape index (κ1) is 16.2. The van der Waals surface area contributed by atoms with E-state index in [0.717, 1.165) is 0 Å². The fraction of sp³-hybridized carbons (Fsp3) is 0.429. The lowest BCUT2D eigenvalue weighted by Crippen LogP contribution is -2.39. The van der Waals surface area contributed by atoms with Gasteiger partial charge in [-0.1, -0.05) is 12.7 Å². The predicted octanol–water partition coefficient (Wildman–Crippen LogP) is 1.12. The van der Waals surface area contributed by atoms with Crippen molar-refractivity contribution in [3.63, 3.8) is 0 Å². The maximum atomic E-state index is 10.2. The summed E-state index contributed by atoms with van der Waals surface area (Å²) < 4.78 is 7.36. The summed E-state index contributed by atoms with van der Waals surface area (Å²) in [5.41, 5.74) is 3.14. The first-order valence-electron chi connectivity index (χ1n) is 6.97. The van der Waals surface area contributed by atoms with E-state index in [2.05, 4.69) is 16.5 Å². The third-order valence-electron chi connectivity index (χ3n) is 4.11. The topological polar surface area (TPSA) is 113 Å². The summed E-state index contributed by atoms with van der Waals surface area (Å²) in [6.45, 7) is 5.01. The van der Waals surface area contributed by atoms with Crippen LogP contribution in [0.5, 0.6) is 0 Å². The molecule has 3 heterocycles. The first-order valence-corrected chi connectivity index (χ1v) is 7.34. The van der Waals surface area contributed by atoms with Gasteiger partial charge in [0.05, 0.1) is 12.0 Å². The normalized spacial score (nSPS) is 30.7. The van der Waals surface area contributed by atoms with Gasteiger partial charge in [-0.05, 0) is 6.92 Å². The molecular formula is C14H17ClN4O4. The van der Waals surface area contributed by atoms with Crippen LogP contribution in [0.25, 0.3) is 17.1 Å². The second kappa shape index (κ2) is 5.73. The number of aromatic nitrogens is 3. The van der Waals surface area contributed by atoms with Gasteiger partial charge in [-0.2, -0.15) is 0 Å². The molecule has 2 unspecified atom stereocenters. The Labute approximate surface area is 136 Å². The molecule has 0 spiro atoms. The van der Waals surface area contributed by atoms with Crippen LogP contribution >= 0.6 is 11.6 Å². The minimum absolute atomic E-state index is 0.220. The SMILES string of the molecule is C=Cc1cn([C@@H]2OC(CO)C(O)[C@@]2(C)Cl)c2ncnc(NO)c12. The minimum atomic E-state index is -1.17. The van der Waals surface area contributed by atoms with E-state index >= 15 is 0 Å². The zero-order valence-corrected chi connectivity index (χ0v) is 13.1. The highest BCUT2D eigenvalue weighted by molar-refractivity contribution is 6.24. The molecule has 1 aliphatic heterocycles. The van der Waals surface area contributed by atoms with Gasteiger partial charge in [0.25, 0.3) is 0 Å². The molecule has 0 aromatic carbocycles. The fourth-order valence-electron chi connectivity index (χ4n) is 2.89. The van der Waals surface area contributed by atoms with Crippen LogP contribution in [0.3, 0.4) is 0 Å². The van der Waals surface area contributed by atoms with Crippen molar-refractivity contribution in [3.05, 3.63) is 24.7 Å². The molecule has 9 heteroatoms. The zero-order chi connectivity index (χ0) is 16.8. The van der Waals surface area contributed by atoms with Crippen LogP contribution in [0.4, 0.5) is 5.82 Å². The second-order valence-electron chi connectivity index (χ2n) is 5.53. The van der Waals surface area contributed by atoms with Crippen molar-refractivity contribution in [2.75, 3.05) is 12.1 Å². The summed E-state index contributed by atoms with van der Waals surface area (Å²) in [4.78, 5) is 7.00. The molecule has 23 heavy (non-hydrogen) atoms. The van der Waals surface area contributed by atoms with Crippen molar-refractivity contribution in [1.29, 1.82) is 0 Å². The molecule has 1 aliphatic rings. The molecule has 0 aliphatic carbocycles. The van der Waals surface area contributed by atoms with Crippen LogP contribution in [0.2, 0.25) is 0 Å². The van der Waals surface area contributed by atoms with Crippen molar-refractivity contribution < 1.29 is 20.2 Å². The van der Waals surface area contributed by atoms with E-state index < -0.39 is 23.3 Å². The Hall–Kier alpha value is -1.71. The largest absolute Gasteiger partial charge is 0.394 e. The van der Waals surface area contributed by atoms with Crippen LogP contribution in [0, 0.1) is 0 Å². The molecule has 124 valence electrons. The number of halogens is 1. The Bertz CT molecular complexity index is 748. The number of nitrogens with one attached hydrogen (secondary N) is 1. The highest BCUT2D eigenvalue weighted by Gasteiger charge is 2.53. The molecule has 8 nitrogen and oxygen atoms in total. The van der Waals surface area contributed by atoms with Crippen molar-refractivity contribution in [3.8, 4) is 0 Å². The number of hydrogen-bond acceptors (Lipinski definition) is 7. The monoisotopic (exact) mass is 340 g/mol. The Morgan fingerprint density at radius 3 is 2.87 bits per heavy atom. The van der Waals surface area contributed by atoms with Crippen LogP contribution in [-0.4, -0.2) is 53.6 Å². The third kappa shape index (κ3) is 2.30. The van der Waals surface area contributed by atoms with Gasteiger partial charge in [0.1, 0.15) is 29.1 Å². The van der Waals surface area contributed by atoms with Gasteiger partial charge in [-0.25, -0.2) is 9.97 Å². The number of aliphatic hydroxyl groups excluding tert-OH is 2. The van der Waals surface area contributed by atoms with Crippen molar-refractivity contribution in [1.82, 2.24) is 14.5 Å². The maximum absolute atomic E-state index is 10.2. The fourth-order valence-corrected chi connectivity index (χ4v) is 3.19. The Morgan fingerprint density at radius 2 is 2.30 bits per heavy atom. The van der Waals surface area contributed by atoms with Crippen LogP contribution in [0.15, 0.2) is 19.1 Å². The smallest absolute Gasteiger partial charge is 0.163 e. The second-order valence-corrected chi connectivity index (χ2v) is 6.35. The number of fused-ring (bicyclic) bond motifs is 1. The number of hydrogen-bond donors (Lipinski definition) is 4. The van der Waals surface area contributed by atoms with E-state index in [9.17, 15) is 15.4 Å². The molecule has 4 N–H and O–H groups in total. The molecule has 0 radical (unpaired) electrons. The number of alkyl halides is 1. The average molecular weight is 341 g/mol. The number of aliphatic hydroxyl groups is 2. The molecule has 1 fully saturated rings. The summed E-state index contributed by atoms with van der Waals surface area (Å²) in [6.07, 6.45) is 1.94. The van der Waals surface area contributed by atoms with E-state index in [-0.39, 0.29) is 12.4 Å². The van der Waals surface area contributed by atoms with Gasteiger partial charge in [-0.3, -0.25) is 10.7 Å². The van der Waals surface area contributed by atoms with Gasteiger partial charge in [0.15, 0.2) is 12.0 Å². The van der Waals surface area contributed by atoms with Gasteiger partial charge in [0, 0.05) is 11.8 Å². The van der Waals surface area contributed by atoms with Crippen LogP contribution in [-0.2, 0) is 4.74 Å². The van der Waals surface area contributed by atoms with Gasteiger partial charge in [0.2, 0.25) is 0 Å². The summed E-state index contributed by atoms with van der Waals surface area (Å²) in [6, 6.07) is 0. The number of ether oxygens (including phenoxy) is 1. The summed E-state index contributed by atoms with van der Waals surface area (Å²) in [5, 5.41) is 29.4. The van der Waals surface area contributed by atoms with E-state index in [1.807, 2.05) is 5.48 Å². The highest BCUT2D eigenvalue weighted by Crippen LogP contribution is 2.45. The molecule has 4 atom stereocenters. The standard InChI is InChI=1S/C14H17ClN4O4/c1-3-7-4-19(12-9(7)11(18-22)16-6-17-12)13-14(2,15)10(21)8(5-20)23-13/h3-4,6,8,10,13,20-22H,1,5H2,2H3,(H,16,17,18)/t8?,10?,13-,14-/m1/s1. The molecule has 0 bridgehead atoms. The number of nitrogens with zero attached hydrogens (tertiary/aromatic N) is 3. The van der Waals surface area contributed by atoms with Crippen molar-refractivity contribution in [2.24, 2.45) is 0 Å². The Balaban J connectivity index is 2.19. The zero-order valence-electron chi connectivity index (χ0n) is 12.3. The van der Waals surface area contributed by atoms with E-state index in [1.54, 1.807) is 23.8 Å². The van der Waals surface area contributed by atoms with Crippen molar-refractivity contribution >= 4 is 34.5 Å². The number of anilines is 1. The summed E-state index contributed by atoms with van der Waals surface area (Å²) >= 11 is 6.48. The lowest BCUT2D eigenvalue weighted by molar-refractivity contribution is -0.0439. The lowest BCUT2D eigenvalue weighted by Gasteiger charge is -2.26. The van der Waals surface area contributed by atoms with Gasteiger partial charge in [-0.15, -0.1) is 11.6 Å². The van der Waals surface area contributed by atoms with Crippen LogP contribution in [0.1, 0.15) is 18.7 Å². The molecular weight excluding hydrogens is 324 g/mol. The van der Waals surface area contributed by atoms with Crippen molar-refractivity contribution in [2.45, 2.75) is 30.2 Å². The molecule has 0 saturated carbocycles. The van der Waals surface area contributed by atoms with Gasteiger partial charge >= 0.3 is 0 Å². The number of rotatable bonds is 4. The van der Waals surface area contributed by atoms with E-state index in [1.165, 1.54) is 6.33 Å². The molecule has 3 rings (SSSR count). The molecule has 0 amide bonds. The quantitative estimate of drug-likeness (QED) is 0.487. The molecule has 1 saturated heterocycles. The Morgan fingerprint density at radius 1 is 1.57 bits per heavy atom. The Kier molecular flexibility index (Phi) is 4.03. The average Bonchev–Trinajstić information content (AvgIpc) is 3.03. The van der Waals surface area contributed by atoms with E-state index in [4.69, 9.17) is 16.3 Å². The third-order valence-corrected chi connectivity index (χ3v) is 4.52. The van der Waals surface area contributed by atoms with Crippen LogP contribution < -0.4 is 5.48 Å². The molecule has 2 aromatic rings. The predicted molar refractivity (Wildman–Crippen MR) is 84.3 cm³/mol. The lowest BCUT2D eigenvalue weighted by atomic mass is 10.0. The maximum Gasteiger partial charge on any atom is 0.163 e. The first-order chi connectivity index (χ1) is 11.0. The summed E-state index contributed by atoms with van der Waals surface area (Å²) in [7, 11) is 0. The highest BCUT2D eigenvalue weighted by atomic mass is 35.5. The molecule has 2 aromatic heterocycles. The summed E-state index contributed by atoms with van der Waals surface area (Å²) in [5.74, 6) is 0.220. The minimum Gasteiger partial charge on any atom is -0.394 e.